The molecule has 0 spiro atoms. The molecule has 6 nitrogen and oxygen atoms in total. The summed E-state index contributed by atoms with van der Waals surface area (Å²) >= 11 is 0. The van der Waals surface area contributed by atoms with Crippen molar-refractivity contribution in [1.82, 2.24) is 10.6 Å². The molecule has 1 unspecified atom stereocenters. The van der Waals surface area contributed by atoms with Crippen molar-refractivity contribution in [3.8, 4) is 5.75 Å². The summed E-state index contributed by atoms with van der Waals surface area (Å²) in [5, 5.41) is 15.6. The van der Waals surface area contributed by atoms with E-state index >= 15 is 0 Å². The lowest BCUT2D eigenvalue weighted by Gasteiger charge is -2.27. The van der Waals surface area contributed by atoms with Gasteiger partial charge in [-0.15, -0.1) is 0 Å². The fourth-order valence-corrected chi connectivity index (χ4v) is 3.24. The highest BCUT2D eigenvalue weighted by Gasteiger charge is 2.25. The zero-order valence-electron chi connectivity index (χ0n) is 14.3. The van der Waals surface area contributed by atoms with Crippen LogP contribution >= 0.6 is 0 Å². The third kappa shape index (κ3) is 4.33. The molecule has 0 saturated heterocycles. The van der Waals surface area contributed by atoms with Crippen molar-refractivity contribution in [3.05, 3.63) is 54.0 Å². The second-order valence-corrected chi connectivity index (χ2v) is 6.31. The van der Waals surface area contributed by atoms with E-state index in [2.05, 4.69) is 10.6 Å². The lowest BCUT2D eigenvalue weighted by Crippen LogP contribution is -2.45. The Kier molecular flexibility index (Phi) is 5.60. The molecule has 6 heteroatoms. The maximum absolute atomic E-state index is 12.5. The zero-order valence-corrected chi connectivity index (χ0v) is 14.3. The maximum Gasteiger partial charge on any atom is 0.315 e. The second-order valence-electron chi connectivity index (χ2n) is 6.31. The molecule has 1 fully saturated rings. The van der Waals surface area contributed by atoms with E-state index < -0.39 is 6.04 Å². The number of nitrogens with one attached hydrogen (secondary N) is 2. The Hall–Kier alpha value is -2.47. The van der Waals surface area contributed by atoms with Gasteiger partial charge in [0.05, 0.1) is 19.5 Å². The van der Waals surface area contributed by atoms with Gasteiger partial charge >= 0.3 is 6.03 Å². The number of aliphatic hydroxyl groups is 1. The van der Waals surface area contributed by atoms with Gasteiger partial charge in [-0.2, -0.15) is 0 Å². The Morgan fingerprint density at radius 1 is 1.20 bits per heavy atom. The Balaban J connectivity index is 1.73. The van der Waals surface area contributed by atoms with Gasteiger partial charge in [-0.05, 0) is 43.9 Å². The van der Waals surface area contributed by atoms with Gasteiger partial charge in [0.15, 0.2) is 0 Å². The minimum Gasteiger partial charge on any atom is -0.496 e. The van der Waals surface area contributed by atoms with Crippen molar-refractivity contribution < 1.29 is 19.1 Å². The van der Waals surface area contributed by atoms with Gasteiger partial charge in [0.1, 0.15) is 17.6 Å². The molecule has 1 aliphatic carbocycles. The number of benzene rings is 1. The van der Waals surface area contributed by atoms with E-state index in [1.807, 2.05) is 30.3 Å². The largest absolute Gasteiger partial charge is 0.496 e. The molecule has 1 atom stereocenters. The number of para-hydroxylation sites is 1. The topological polar surface area (TPSA) is 83.7 Å². The van der Waals surface area contributed by atoms with E-state index in [4.69, 9.17) is 9.15 Å². The number of hydrogen-bond acceptors (Lipinski definition) is 4. The monoisotopic (exact) mass is 344 g/mol. The highest BCUT2D eigenvalue weighted by molar-refractivity contribution is 5.75. The summed E-state index contributed by atoms with van der Waals surface area (Å²) in [6.07, 6.45) is 4.35. The minimum atomic E-state index is -0.444. The highest BCUT2D eigenvalue weighted by Crippen LogP contribution is 2.30. The molecule has 1 saturated carbocycles. The number of furan rings is 1. The normalized spacial score (nSPS) is 21.4. The fraction of sp³-hybridized carbons (Fsp3) is 0.421. The average molecular weight is 344 g/mol. The van der Waals surface area contributed by atoms with Crippen LogP contribution in [0.4, 0.5) is 4.79 Å². The number of methoxy groups -OCH3 is 1. The zero-order chi connectivity index (χ0) is 17.6. The first-order valence-corrected chi connectivity index (χ1v) is 8.58. The van der Waals surface area contributed by atoms with Crippen LogP contribution in [0.15, 0.2) is 47.1 Å². The van der Waals surface area contributed by atoms with Crippen molar-refractivity contribution in [2.24, 2.45) is 0 Å². The van der Waals surface area contributed by atoms with E-state index in [9.17, 15) is 9.90 Å². The van der Waals surface area contributed by atoms with Crippen LogP contribution in [-0.2, 0) is 0 Å². The number of aliphatic hydroxyl groups excluding tert-OH is 1. The smallest absolute Gasteiger partial charge is 0.315 e. The van der Waals surface area contributed by atoms with Gasteiger partial charge in [-0.25, -0.2) is 4.79 Å². The Morgan fingerprint density at radius 3 is 2.64 bits per heavy atom. The number of ether oxygens (including phenoxy) is 1. The first kappa shape index (κ1) is 17.4. The molecule has 1 aromatic carbocycles. The van der Waals surface area contributed by atoms with E-state index in [1.165, 1.54) is 0 Å². The number of hydrogen-bond donors (Lipinski definition) is 3. The van der Waals surface area contributed by atoms with E-state index in [-0.39, 0.29) is 18.2 Å². The van der Waals surface area contributed by atoms with Gasteiger partial charge < -0.3 is 24.9 Å². The van der Waals surface area contributed by atoms with Crippen molar-refractivity contribution >= 4 is 6.03 Å². The van der Waals surface area contributed by atoms with Crippen LogP contribution in [0.2, 0.25) is 0 Å². The molecule has 134 valence electrons. The summed E-state index contributed by atoms with van der Waals surface area (Å²) in [7, 11) is 1.60. The minimum absolute atomic E-state index is 0.0818. The highest BCUT2D eigenvalue weighted by atomic mass is 16.5. The first-order valence-electron chi connectivity index (χ1n) is 8.58. The van der Waals surface area contributed by atoms with Crippen molar-refractivity contribution in [2.45, 2.75) is 43.9 Å². The quantitative estimate of drug-likeness (QED) is 0.779. The molecule has 3 N–H and O–H groups in total. The molecule has 0 aliphatic heterocycles. The fourth-order valence-electron chi connectivity index (χ4n) is 3.24. The number of carbonyl (C=O) groups is 1. The van der Waals surface area contributed by atoms with E-state index in [0.29, 0.717) is 11.5 Å². The summed E-state index contributed by atoms with van der Waals surface area (Å²) in [4.78, 5) is 12.5. The third-order valence-electron chi connectivity index (χ3n) is 4.58. The summed E-state index contributed by atoms with van der Waals surface area (Å²) in [5.74, 6) is 1.32. The predicted molar refractivity (Wildman–Crippen MR) is 93.5 cm³/mol. The summed E-state index contributed by atoms with van der Waals surface area (Å²) in [5.41, 5.74) is 0.828. The number of rotatable bonds is 5. The van der Waals surface area contributed by atoms with E-state index in [1.54, 1.807) is 19.4 Å². The standard InChI is InChI=1S/C19H24N2O4/c1-24-16-6-3-2-5-15(16)18(17-7-4-12-25-17)21-19(23)20-13-8-10-14(22)11-9-13/h2-7,12-14,18,22H,8-11H2,1H3,(H2,20,21,23). The van der Waals surface area contributed by atoms with Crippen LogP contribution in [0.3, 0.4) is 0 Å². The van der Waals surface area contributed by atoms with Crippen LogP contribution < -0.4 is 15.4 Å². The average Bonchev–Trinajstić information content (AvgIpc) is 3.16. The predicted octanol–water partition coefficient (Wildman–Crippen LogP) is 2.98. The molecule has 1 aliphatic rings. The Bertz CT molecular complexity index is 678. The second kappa shape index (κ2) is 8.07. The van der Waals surface area contributed by atoms with Crippen LogP contribution in [0.1, 0.15) is 43.0 Å². The molecular weight excluding hydrogens is 320 g/mol. The van der Waals surface area contributed by atoms with Gasteiger partial charge in [-0.1, -0.05) is 18.2 Å². The molecule has 0 radical (unpaired) electrons. The van der Waals surface area contributed by atoms with Crippen molar-refractivity contribution in [1.29, 1.82) is 0 Å². The molecule has 0 bridgehead atoms. The molecule has 1 aromatic heterocycles. The maximum atomic E-state index is 12.5. The number of carbonyl (C=O) groups excluding carboxylic acids is 1. The van der Waals surface area contributed by atoms with Gasteiger partial charge in [0.25, 0.3) is 0 Å². The molecule has 1 heterocycles. The summed E-state index contributed by atoms with van der Waals surface area (Å²) in [6.45, 7) is 0. The van der Waals surface area contributed by atoms with Gasteiger partial charge in [0, 0.05) is 11.6 Å². The summed E-state index contributed by atoms with van der Waals surface area (Å²) in [6, 6.07) is 10.5. The van der Waals surface area contributed by atoms with Crippen molar-refractivity contribution in [2.75, 3.05) is 7.11 Å². The molecule has 2 aromatic rings. The third-order valence-corrected chi connectivity index (χ3v) is 4.58. The van der Waals surface area contributed by atoms with Gasteiger partial charge in [0.2, 0.25) is 0 Å². The Labute approximate surface area is 147 Å². The van der Waals surface area contributed by atoms with Crippen LogP contribution in [0.5, 0.6) is 5.75 Å². The Morgan fingerprint density at radius 2 is 1.96 bits per heavy atom. The SMILES string of the molecule is COc1ccccc1C(NC(=O)NC1CCC(O)CC1)c1ccco1. The van der Waals surface area contributed by atoms with Crippen LogP contribution in [0.25, 0.3) is 0 Å². The molecular formula is C19H24N2O4. The number of urea groups is 1. The number of amides is 2. The molecule has 3 rings (SSSR count). The van der Waals surface area contributed by atoms with Gasteiger partial charge in [-0.3, -0.25) is 0 Å². The van der Waals surface area contributed by atoms with Crippen LogP contribution in [-0.4, -0.2) is 30.4 Å². The molecule has 25 heavy (non-hydrogen) atoms. The first-order chi connectivity index (χ1) is 12.2. The summed E-state index contributed by atoms with van der Waals surface area (Å²) < 4.78 is 10.9. The van der Waals surface area contributed by atoms with E-state index in [0.717, 1.165) is 31.2 Å². The van der Waals surface area contributed by atoms with Crippen molar-refractivity contribution in [3.63, 3.8) is 0 Å². The van der Waals surface area contributed by atoms with Crippen LogP contribution in [0, 0.1) is 0 Å². The lowest BCUT2D eigenvalue weighted by atomic mass is 9.93. The molecule has 2 amide bonds. The lowest BCUT2D eigenvalue weighted by molar-refractivity contribution is 0.117.